The van der Waals surface area contributed by atoms with Crippen LogP contribution in [0.25, 0.3) is 10.8 Å². The molecule has 6 heteroatoms. The zero-order valence-electron chi connectivity index (χ0n) is 19.8. The van der Waals surface area contributed by atoms with E-state index in [1.54, 1.807) is 17.0 Å². The maximum absolute atomic E-state index is 13.0. The van der Waals surface area contributed by atoms with E-state index in [0.717, 1.165) is 16.5 Å². The highest BCUT2D eigenvalue weighted by molar-refractivity contribution is 6.25. The maximum Gasteiger partial charge on any atom is 0.261 e. The molecular weight excluding hydrogens is 440 g/mol. The summed E-state index contributed by atoms with van der Waals surface area (Å²) in [7, 11) is 0. The molecule has 0 radical (unpaired) electrons. The van der Waals surface area contributed by atoms with Crippen molar-refractivity contribution in [2.24, 2.45) is 5.92 Å². The van der Waals surface area contributed by atoms with E-state index in [0.29, 0.717) is 48.9 Å². The molecule has 35 heavy (non-hydrogen) atoms. The molecule has 1 fully saturated rings. The highest BCUT2D eigenvalue weighted by Crippen LogP contribution is 2.30. The molecule has 1 saturated heterocycles. The normalized spacial score (nSPS) is 16.1. The van der Waals surface area contributed by atoms with Gasteiger partial charge in [-0.15, -0.1) is 0 Å². The Morgan fingerprint density at radius 3 is 2.06 bits per heavy atom. The van der Waals surface area contributed by atoms with Crippen LogP contribution in [-0.4, -0.2) is 52.9 Å². The molecule has 178 valence electrons. The third kappa shape index (κ3) is 4.36. The van der Waals surface area contributed by atoms with Crippen molar-refractivity contribution in [2.45, 2.75) is 32.6 Å². The second kappa shape index (κ2) is 9.45. The van der Waals surface area contributed by atoms with Crippen LogP contribution in [0, 0.1) is 12.8 Å². The highest BCUT2D eigenvalue weighted by atomic mass is 16.2. The van der Waals surface area contributed by atoms with E-state index >= 15 is 0 Å². The lowest BCUT2D eigenvalue weighted by atomic mass is 9.88. The Labute approximate surface area is 204 Å². The molecule has 3 amide bonds. The first-order valence-electron chi connectivity index (χ1n) is 12.2. The van der Waals surface area contributed by atoms with Gasteiger partial charge in [-0.25, -0.2) is 0 Å². The maximum atomic E-state index is 13.0. The number of ketones is 1. The lowest BCUT2D eigenvalue weighted by molar-refractivity contribution is -0.132. The van der Waals surface area contributed by atoms with Crippen LogP contribution in [0.4, 0.5) is 0 Å². The van der Waals surface area contributed by atoms with E-state index in [4.69, 9.17) is 0 Å². The van der Waals surface area contributed by atoms with Crippen molar-refractivity contribution in [1.82, 2.24) is 9.80 Å². The van der Waals surface area contributed by atoms with Gasteiger partial charge in [-0.3, -0.25) is 24.1 Å². The third-order valence-electron chi connectivity index (χ3n) is 7.18. The fourth-order valence-corrected chi connectivity index (χ4v) is 5.17. The van der Waals surface area contributed by atoms with Crippen LogP contribution < -0.4 is 0 Å². The predicted molar refractivity (Wildman–Crippen MR) is 133 cm³/mol. The number of piperidine rings is 1. The van der Waals surface area contributed by atoms with Gasteiger partial charge in [0.25, 0.3) is 11.8 Å². The summed E-state index contributed by atoms with van der Waals surface area (Å²) in [5, 5.41) is 1.58. The van der Waals surface area contributed by atoms with E-state index < -0.39 is 0 Å². The van der Waals surface area contributed by atoms with Gasteiger partial charge in [0.2, 0.25) is 5.91 Å². The van der Waals surface area contributed by atoms with E-state index in [2.05, 4.69) is 0 Å². The molecule has 0 unspecified atom stereocenters. The van der Waals surface area contributed by atoms with Crippen molar-refractivity contribution in [3.8, 4) is 0 Å². The summed E-state index contributed by atoms with van der Waals surface area (Å²) in [5.74, 6) is -0.516. The average Bonchev–Trinajstić information content (AvgIpc) is 2.89. The van der Waals surface area contributed by atoms with Gasteiger partial charge < -0.3 is 4.90 Å². The van der Waals surface area contributed by atoms with Crippen molar-refractivity contribution in [2.75, 3.05) is 19.6 Å². The molecular formula is C29H28N2O4. The van der Waals surface area contributed by atoms with Gasteiger partial charge in [0, 0.05) is 54.0 Å². The molecule has 0 atom stereocenters. The lowest BCUT2D eigenvalue weighted by Crippen LogP contribution is -2.42. The van der Waals surface area contributed by atoms with E-state index in [1.165, 1.54) is 4.90 Å². The van der Waals surface area contributed by atoms with Gasteiger partial charge in [0.15, 0.2) is 5.78 Å². The Bertz CT molecular complexity index is 1270. The molecule has 0 spiro atoms. The Morgan fingerprint density at radius 1 is 0.857 bits per heavy atom. The Morgan fingerprint density at radius 2 is 1.46 bits per heavy atom. The number of aryl methyl sites for hydroxylation is 1. The first kappa shape index (κ1) is 23.0. The molecule has 2 aliphatic rings. The van der Waals surface area contributed by atoms with Crippen LogP contribution in [0.15, 0.2) is 60.7 Å². The topological polar surface area (TPSA) is 74.8 Å². The summed E-state index contributed by atoms with van der Waals surface area (Å²) in [5.41, 5.74) is 2.92. The van der Waals surface area contributed by atoms with Crippen molar-refractivity contribution in [3.05, 3.63) is 82.9 Å². The number of imide groups is 1. The standard InChI is InChI=1S/C29H28N2O4/c1-19-10-12-21(13-11-19)27(33)22-14-17-30(18-15-22)25(32)9-4-16-31-28(34)23-7-2-5-20-6-3-8-24(26(20)23)29(31)35/h2-3,5-8,10-13,22H,4,9,14-18H2,1H3. The van der Waals surface area contributed by atoms with Gasteiger partial charge in [0.05, 0.1) is 0 Å². The lowest BCUT2D eigenvalue weighted by Gasteiger charge is -2.32. The number of nitrogens with zero attached hydrogens (tertiary/aromatic N) is 2. The van der Waals surface area contributed by atoms with Gasteiger partial charge in [-0.05, 0) is 43.7 Å². The van der Waals surface area contributed by atoms with E-state index in [9.17, 15) is 19.2 Å². The van der Waals surface area contributed by atoms with Crippen LogP contribution >= 0.6 is 0 Å². The summed E-state index contributed by atoms with van der Waals surface area (Å²) < 4.78 is 0. The molecule has 6 nitrogen and oxygen atoms in total. The number of likely N-dealkylation sites (tertiary alicyclic amines) is 1. The van der Waals surface area contributed by atoms with Gasteiger partial charge in [-0.2, -0.15) is 0 Å². The average molecular weight is 469 g/mol. The number of carbonyl (C=O) groups excluding carboxylic acids is 4. The Balaban J connectivity index is 1.15. The second-order valence-electron chi connectivity index (χ2n) is 9.46. The summed E-state index contributed by atoms with van der Waals surface area (Å²) in [4.78, 5) is 54.6. The molecule has 5 rings (SSSR count). The Kier molecular flexibility index (Phi) is 6.20. The fourth-order valence-electron chi connectivity index (χ4n) is 5.17. The quantitative estimate of drug-likeness (QED) is 0.390. The second-order valence-corrected chi connectivity index (χ2v) is 9.46. The third-order valence-corrected chi connectivity index (χ3v) is 7.18. The molecule has 0 saturated carbocycles. The molecule has 0 bridgehead atoms. The van der Waals surface area contributed by atoms with E-state index in [1.807, 2.05) is 55.5 Å². The molecule has 2 heterocycles. The van der Waals surface area contributed by atoms with Crippen molar-refractivity contribution < 1.29 is 19.2 Å². The SMILES string of the molecule is Cc1ccc(C(=O)C2CCN(C(=O)CCCN3C(=O)c4cccc5cccc(c45)C3=O)CC2)cc1. The molecule has 0 N–H and O–H groups in total. The molecule has 0 aliphatic carbocycles. The van der Waals surface area contributed by atoms with Crippen molar-refractivity contribution in [1.29, 1.82) is 0 Å². The van der Waals surface area contributed by atoms with Crippen LogP contribution in [-0.2, 0) is 4.79 Å². The van der Waals surface area contributed by atoms with Crippen LogP contribution in [0.2, 0.25) is 0 Å². The summed E-state index contributed by atoms with van der Waals surface area (Å²) >= 11 is 0. The predicted octanol–water partition coefficient (Wildman–Crippen LogP) is 4.65. The van der Waals surface area contributed by atoms with Gasteiger partial charge in [-0.1, -0.05) is 54.1 Å². The number of carbonyl (C=O) groups is 4. The first-order chi connectivity index (χ1) is 16.9. The monoisotopic (exact) mass is 468 g/mol. The van der Waals surface area contributed by atoms with Crippen molar-refractivity contribution >= 4 is 34.3 Å². The fraction of sp³-hybridized carbons (Fsp3) is 0.310. The van der Waals surface area contributed by atoms with Gasteiger partial charge >= 0.3 is 0 Å². The molecule has 3 aromatic carbocycles. The molecule has 2 aliphatic heterocycles. The van der Waals surface area contributed by atoms with E-state index in [-0.39, 0.29) is 42.4 Å². The van der Waals surface area contributed by atoms with Crippen LogP contribution in [0.1, 0.15) is 62.3 Å². The van der Waals surface area contributed by atoms with Crippen LogP contribution in [0.5, 0.6) is 0 Å². The summed E-state index contributed by atoms with van der Waals surface area (Å²) in [6, 6.07) is 18.6. The smallest absolute Gasteiger partial charge is 0.261 e. The zero-order valence-corrected chi connectivity index (χ0v) is 19.8. The molecule has 3 aromatic rings. The van der Waals surface area contributed by atoms with Crippen LogP contribution in [0.3, 0.4) is 0 Å². The number of benzene rings is 3. The highest BCUT2D eigenvalue weighted by Gasteiger charge is 2.33. The number of Topliss-reactive ketones (excluding diaryl/α,β-unsaturated/α-hetero) is 1. The van der Waals surface area contributed by atoms with Crippen molar-refractivity contribution in [3.63, 3.8) is 0 Å². The number of amides is 3. The zero-order chi connectivity index (χ0) is 24.5. The minimum absolute atomic E-state index is 0.00523. The summed E-state index contributed by atoms with van der Waals surface area (Å²) in [6.07, 6.45) is 1.99. The van der Waals surface area contributed by atoms with Gasteiger partial charge in [0.1, 0.15) is 0 Å². The number of rotatable bonds is 6. The largest absolute Gasteiger partial charge is 0.343 e. The minimum atomic E-state index is -0.304. The molecule has 0 aromatic heterocycles. The first-order valence-corrected chi connectivity index (χ1v) is 12.2. The minimum Gasteiger partial charge on any atom is -0.343 e. The number of hydrogen-bond acceptors (Lipinski definition) is 4. The summed E-state index contributed by atoms with van der Waals surface area (Å²) in [6.45, 7) is 3.31. The number of hydrogen-bond donors (Lipinski definition) is 0. The Hall–Kier alpha value is -3.80.